The van der Waals surface area contributed by atoms with Gasteiger partial charge in [-0.1, -0.05) is 0 Å². The molecule has 3 aromatic rings. The van der Waals surface area contributed by atoms with Crippen LogP contribution in [0.15, 0.2) is 51.4 Å². The van der Waals surface area contributed by atoms with Gasteiger partial charge in [-0.3, -0.25) is 0 Å². The van der Waals surface area contributed by atoms with E-state index in [0.717, 1.165) is 0 Å². The molecule has 0 saturated heterocycles. The van der Waals surface area contributed by atoms with Gasteiger partial charge in [-0.25, -0.2) is 0 Å². The second-order valence-corrected chi connectivity index (χ2v) is 12.4. The SMILES string of the molecule is O=C1OC2(c3ccc(O)cc3Oc3cc(O)ccc32)c2cc(Br)c(Br)[c]([Hg][OH])c21. The molecule has 0 bridgehead atoms. The van der Waals surface area contributed by atoms with Crippen LogP contribution in [0, 0.1) is 0 Å². The van der Waals surface area contributed by atoms with Crippen molar-refractivity contribution in [1.82, 2.24) is 0 Å². The van der Waals surface area contributed by atoms with E-state index < -0.39 is 36.6 Å². The Morgan fingerprint density at radius 1 is 0.897 bits per heavy atom. The van der Waals surface area contributed by atoms with Gasteiger partial charge in [0.25, 0.3) is 0 Å². The van der Waals surface area contributed by atoms with Gasteiger partial charge in [-0.2, -0.15) is 0 Å². The first-order valence-corrected chi connectivity index (χ1v) is 15.4. The zero-order chi connectivity index (χ0) is 20.5. The van der Waals surface area contributed by atoms with E-state index in [1.807, 2.05) is 0 Å². The summed E-state index contributed by atoms with van der Waals surface area (Å²) in [6.07, 6.45) is 0. The summed E-state index contributed by atoms with van der Waals surface area (Å²) in [7, 11) is 0. The number of carbonyl (C=O) groups is 1. The van der Waals surface area contributed by atoms with E-state index >= 15 is 0 Å². The van der Waals surface area contributed by atoms with Gasteiger partial charge in [0, 0.05) is 0 Å². The Morgan fingerprint density at radius 2 is 1.48 bits per heavy atom. The fourth-order valence-electron chi connectivity index (χ4n) is 4.02. The Balaban J connectivity index is 1.94. The summed E-state index contributed by atoms with van der Waals surface area (Å²) in [4.78, 5) is 13.1. The third-order valence-corrected chi connectivity index (χ3v) is 13.3. The summed E-state index contributed by atoms with van der Waals surface area (Å²) < 4.78 is 24.1. The van der Waals surface area contributed by atoms with Crippen molar-refractivity contribution in [2.45, 2.75) is 5.60 Å². The van der Waals surface area contributed by atoms with E-state index in [4.69, 9.17) is 9.47 Å². The van der Waals surface area contributed by atoms with E-state index in [0.29, 0.717) is 45.8 Å². The summed E-state index contributed by atoms with van der Waals surface area (Å²) in [5.74, 6) is 0.0990. The van der Waals surface area contributed by atoms with Crippen LogP contribution in [0.25, 0.3) is 0 Å². The molecule has 0 saturated carbocycles. The van der Waals surface area contributed by atoms with Crippen LogP contribution >= 0.6 is 31.9 Å². The molecule has 0 atom stereocenters. The van der Waals surface area contributed by atoms with E-state index in [9.17, 15) is 18.0 Å². The Kier molecular flexibility index (Phi) is 4.47. The van der Waals surface area contributed by atoms with E-state index in [1.165, 1.54) is 24.3 Å². The van der Waals surface area contributed by atoms with Gasteiger partial charge < -0.3 is 0 Å². The number of phenolic OH excluding ortho intramolecular Hbond substituents is 2. The number of halogens is 2. The fraction of sp³-hybridized carbons (Fsp3) is 0.0500. The van der Waals surface area contributed by atoms with Crippen molar-refractivity contribution in [3.05, 3.63) is 73.7 Å². The Bertz CT molecular complexity index is 1170. The van der Waals surface area contributed by atoms with Gasteiger partial charge in [0.15, 0.2) is 0 Å². The van der Waals surface area contributed by atoms with Crippen molar-refractivity contribution in [1.29, 1.82) is 0 Å². The number of esters is 1. The number of hydrogen-bond donors (Lipinski definition) is 3. The molecular weight excluding hydrogens is 697 g/mol. The fourth-order valence-corrected chi connectivity index (χ4v) is 10.1. The molecule has 2 aliphatic heterocycles. The summed E-state index contributed by atoms with van der Waals surface area (Å²) in [5, 5.41) is 19.9. The second kappa shape index (κ2) is 6.70. The number of aromatic hydroxyl groups is 2. The van der Waals surface area contributed by atoms with Crippen molar-refractivity contribution in [3.8, 4) is 23.0 Å². The topological polar surface area (TPSA) is 96.2 Å². The molecule has 5 rings (SSSR count). The average molecular weight is 707 g/mol. The summed E-state index contributed by atoms with van der Waals surface area (Å²) >= 11 is 4.45. The van der Waals surface area contributed by atoms with Crippen molar-refractivity contribution in [2.24, 2.45) is 0 Å². The molecule has 142 valence electrons. The summed E-state index contributed by atoms with van der Waals surface area (Å²) in [6, 6.07) is 11.0. The first-order valence-electron chi connectivity index (χ1n) is 8.57. The van der Waals surface area contributed by atoms with Crippen molar-refractivity contribution in [3.63, 3.8) is 0 Å². The quantitative estimate of drug-likeness (QED) is 0.264. The minimum atomic E-state index is -2.53. The number of benzene rings is 3. The second-order valence-electron chi connectivity index (χ2n) is 6.77. The maximum atomic E-state index is 13.1. The van der Waals surface area contributed by atoms with Gasteiger partial charge in [0.1, 0.15) is 0 Å². The first kappa shape index (κ1) is 19.4. The molecular formula is C20H10Br2HgO6. The van der Waals surface area contributed by atoms with Crippen molar-refractivity contribution < 1.29 is 52.5 Å². The molecule has 2 heterocycles. The monoisotopic (exact) mass is 706 g/mol. The van der Waals surface area contributed by atoms with Gasteiger partial charge in [-0.15, -0.1) is 0 Å². The maximum absolute atomic E-state index is 13.1. The van der Waals surface area contributed by atoms with Gasteiger partial charge in [-0.05, 0) is 0 Å². The van der Waals surface area contributed by atoms with Crippen molar-refractivity contribution in [2.75, 3.05) is 0 Å². The number of hydrogen-bond acceptors (Lipinski definition) is 6. The average Bonchev–Trinajstić information content (AvgIpc) is 2.95. The predicted octanol–water partition coefficient (Wildman–Crippen LogP) is 3.81. The van der Waals surface area contributed by atoms with Crippen LogP contribution in [0.4, 0.5) is 0 Å². The Labute approximate surface area is 194 Å². The number of fused-ring (bicyclic) bond motifs is 6. The van der Waals surface area contributed by atoms with Gasteiger partial charge in [0.2, 0.25) is 0 Å². The van der Waals surface area contributed by atoms with Crippen LogP contribution in [-0.2, 0) is 35.4 Å². The zero-order valence-electron chi connectivity index (χ0n) is 14.6. The zero-order valence-corrected chi connectivity index (χ0v) is 23.2. The van der Waals surface area contributed by atoms with Gasteiger partial charge >= 0.3 is 196 Å². The molecule has 29 heavy (non-hydrogen) atoms. The summed E-state index contributed by atoms with van der Waals surface area (Å²) in [6.45, 7) is 0. The molecule has 2 aliphatic rings. The van der Waals surface area contributed by atoms with Crippen LogP contribution in [0.3, 0.4) is 0 Å². The number of ether oxygens (including phenoxy) is 2. The Hall–Kier alpha value is -1.61. The molecule has 3 aromatic carbocycles. The number of rotatable bonds is 1. The summed E-state index contributed by atoms with van der Waals surface area (Å²) in [5.41, 5.74) is 0.733. The number of phenols is 2. The molecule has 6 nitrogen and oxygen atoms in total. The standard InChI is InChI=1S/C20H9Br2O5.Hg.H2O/c21-15-7-11-14(8-16(15)22)20(27-19(11)25)12-3-1-9(23)5-17(12)26-18-6-10(24)2-4-13(18)20;;/h1-6,8,23-24H;;1H2/q;+1;/p-1. The molecule has 0 unspecified atom stereocenters. The molecule has 0 radical (unpaired) electrons. The third-order valence-electron chi connectivity index (χ3n) is 5.21. The molecule has 9 heteroatoms. The van der Waals surface area contributed by atoms with Crippen molar-refractivity contribution >= 4 is 40.9 Å². The van der Waals surface area contributed by atoms with Crippen LogP contribution in [0.2, 0.25) is 0 Å². The molecule has 1 spiro atoms. The molecule has 0 aliphatic carbocycles. The van der Waals surface area contributed by atoms with E-state index in [1.54, 1.807) is 18.2 Å². The molecule has 3 N–H and O–H groups in total. The number of carbonyl (C=O) groups excluding carboxylic acids is 1. The van der Waals surface area contributed by atoms with Crippen LogP contribution in [0.5, 0.6) is 23.0 Å². The van der Waals surface area contributed by atoms with E-state index in [-0.39, 0.29) is 11.5 Å². The predicted molar refractivity (Wildman–Crippen MR) is 105 cm³/mol. The molecule has 0 amide bonds. The van der Waals surface area contributed by atoms with Crippen LogP contribution < -0.4 is 7.81 Å². The third kappa shape index (κ3) is 2.62. The first-order chi connectivity index (χ1) is 13.9. The van der Waals surface area contributed by atoms with Crippen LogP contribution in [0.1, 0.15) is 27.0 Å². The van der Waals surface area contributed by atoms with Crippen LogP contribution in [-0.4, -0.2) is 19.2 Å². The molecule has 0 aromatic heterocycles. The van der Waals surface area contributed by atoms with Gasteiger partial charge in [0.05, 0.1) is 0 Å². The molecule has 0 fully saturated rings. The minimum absolute atomic E-state index is 0.00284. The normalized spacial score (nSPS) is 15.1. The Morgan fingerprint density at radius 3 is 2.03 bits per heavy atom. The van der Waals surface area contributed by atoms with E-state index in [2.05, 4.69) is 31.9 Å².